The van der Waals surface area contributed by atoms with Gasteiger partial charge in [-0.1, -0.05) is 73.7 Å². The molecular weight excluding hydrogens is 412 g/mol. The van der Waals surface area contributed by atoms with E-state index in [1.807, 2.05) is 85.8 Å². The summed E-state index contributed by atoms with van der Waals surface area (Å²) in [4.78, 5) is 28.0. The van der Waals surface area contributed by atoms with E-state index in [1.165, 1.54) is 5.56 Å². The molecule has 0 aliphatic carbocycles. The zero-order valence-corrected chi connectivity index (χ0v) is 19.6. The number of ether oxygens (including phenoxy) is 1. The van der Waals surface area contributed by atoms with Crippen LogP contribution in [-0.2, 0) is 29.0 Å². The summed E-state index contributed by atoms with van der Waals surface area (Å²) in [6.45, 7) is 4.29. The minimum atomic E-state index is -0.657. The van der Waals surface area contributed by atoms with Gasteiger partial charge in [-0.25, -0.2) is 0 Å². The fraction of sp³-hybridized carbons (Fsp3) is 0.286. The molecule has 0 bridgehead atoms. The predicted molar refractivity (Wildman–Crippen MR) is 131 cm³/mol. The molecule has 5 nitrogen and oxygen atoms in total. The fourth-order valence-corrected chi connectivity index (χ4v) is 3.74. The SMILES string of the molecule is CCc1ccc(OCC(=O)N(Cc2ccccc2C)C(Cc2ccccc2)C(=O)NC)cc1. The summed E-state index contributed by atoms with van der Waals surface area (Å²) in [7, 11) is 1.60. The van der Waals surface area contributed by atoms with Crippen molar-refractivity contribution in [3.05, 3.63) is 101 Å². The first-order valence-corrected chi connectivity index (χ1v) is 11.3. The van der Waals surface area contributed by atoms with Gasteiger partial charge in [-0.05, 0) is 47.7 Å². The summed E-state index contributed by atoms with van der Waals surface area (Å²) in [5.74, 6) is 0.200. The smallest absolute Gasteiger partial charge is 0.261 e. The zero-order chi connectivity index (χ0) is 23.6. The molecule has 0 heterocycles. The molecule has 0 saturated carbocycles. The van der Waals surface area contributed by atoms with Crippen LogP contribution in [0.15, 0.2) is 78.9 Å². The van der Waals surface area contributed by atoms with Crippen LogP contribution in [0.1, 0.15) is 29.2 Å². The van der Waals surface area contributed by atoms with Gasteiger partial charge >= 0.3 is 0 Å². The number of aryl methyl sites for hydroxylation is 2. The fourth-order valence-electron chi connectivity index (χ4n) is 3.74. The third kappa shape index (κ3) is 6.69. The summed E-state index contributed by atoms with van der Waals surface area (Å²) < 4.78 is 5.81. The Labute approximate surface area is 196 Å². The van der Waals surface area contributed by atoms with Crippen LogP contribution in [0, 0.1) is 6.92 Å². The van der Waals surface area contributed by atoms with E-state index in [0.29, 0.717) is 18.7 Å². The maximum atomic E-state index is 13.4. The maximum absolute atomic E-state index is 13.4. The second-order valence-corrected chi connectivity index (χ2v) is 8.05. The van der Waals surface area contributed by atoms with E-state index in [-0.39, 0.29) is 18.4 Å². The van der Waals surface area contributed by atoms with Gasteiger partial charge in [-0.15, -0.1) is 0 Å². The number of benzene rings is 3. The molecule has 0 saturated heterocycles. The van der Waals surface area contributed by atoms with Crippen LogP contribution in [0.4, 0.5) is 0 Å². The van der Waals surface area contributed by atoms with E-state index in [9.17, 15) is 9.59 Å². The molecule has 172 valence electrons. The van der Waals surface area contributed by atoms with Crippen molar-refractivity contribution in [1.29, 1.82) is 0 Å². The first-order valence-electron chi connectivity index (χ1n) is 11.3. The third-order valence-corrected chi connectivity index (χ3v) is 5.81. The van der Waals surface area contributed by atoms with E-state index < -0.39 is 6.04 Å². The lowest BCUT2D eigenvalue weighted by Crippen LogP contribution is -2.51. The van der Waals surface area contributed by atoms with Crippen LogP contribution in [0.25, 0.3) is 0 Å². The number of amides is 2. The molecule has 3 aromatic carbocycles. The van der Waals surface area contributed by atoms with Crippen molar-refractivity contribution in [2.24, 2.45) is 0 Å². The average Bonchev–Trinajstić information content (AvgIpc) is 2.86. The average molecular weight is 445 g/mol. The van der Waals surface area contributed by atoms with Crippen molar-refractivity contribution in [3.8, 4) is 5.75 Å². The van der Waals surface area contributed by atoms with Crippen molar-refractivity contribution < 1.29 is 14.3 Å². The largest absolute Gasteiger partial charge is 0.484 e. The Kier molecular flexibility index (Phi) is 8.64. The Morgan fingerprint density at radius 1 is 0.909 bits per heavy atom. The molecular formula is C28H32N2O3. The van der Waals surface area contributed by atoms with Gasteiger partial charge in [0.05, 0.1) is 0 Å². The quantitative estimate of drug-likeness (QED) is 0.507. The van der Waals surface area contributed by atoms with E-state index in [2.05, 4.69) is 12.2 Å². The first kappa shape index (κ1) is 24.1. The van der Waals surface area contributed by atoms with Gasteiger partial charge in [-0.2, -0.15) is 0 Å². The molecule has 0 aliphatic rings. The van der Waals surface area contributed by atoms with Crippen LogP contribution < -0.4 is 10.1 Å². The summed E-state index contributed by atoms with van der Waals surface area (Å²) in [6, 6.07) is 24.7. The van der Waals surface area contributed by atoms with Crippen LogP contribution in [-0.4, -0.2) is 36.4 Å². The minimum Gasteiger partial charge on any atom is -0.484 e. The van der Waals surface area contributed by atoms with Gasteiger partial charge < -0.3 is 15.0 Å². The molecule has 1 unspecified atom stereocenters. The summed E-state index contributed by atoms with van der Waals surface area (Å²) in [5.41, 5.74) is 4.27. The molecule has 0 aliphatic heterocycles. The maximum Gasteiger partial charge on any atom is 0.261 e. The normalized spacial score (nSPS) is 11.5. The van der Waals surface area contributed by atoms with Crippen molar-refractivity contribution in [1.82, 2.24) is 10.2 Å². The Hall–Kier alpha value is -3.60. The molecule has 1 N–H and O–H groups in total. The van der Waals surface area contributed by atoms with E-state index in [4.69, 9.17) is 4.74 Å². The minimum absolute atomic E-state index is 0.139. The Bertz CT molecular complexity index is 1050. The molecule has 5 heteroatoms. The Morgan fingerprint density at radius 3 is 2.21 bits per heavy atom. The van der Waals surface area contributed by atoms with Crippen molar-refractivity contribution in [2.75, 3.05) is 13.7 Å². The molecule has 33 heavy (non-hydrogen) atoms. The number of nitrogens with one attached hydrogen (secondary N) is 1. The predicted octanol–water partition coefficient (Wildman–Crippen LogP) is 4.32. The molecule has 0 radical (unpaired) electrons. The molecule has 0 aromatic heterocycles. The second kappa shape index (κ2) is 11.9. The third-order valence-electron chi connectivity index (χ3n) is 5.81. The van der Waals surface area contributed by atoms with Crippen LogP contribution >= 0.6 is 0 Å². The zero-order valence-electron chi connectivity index (χ0n) is 19.6. The number of hydrogen-bond acceptors (Lipinski definition) is 3. The van der Waals surface area contributed by atoms with Crippen molar-refractivity contribution >= 4 is 11.8 Å². The van der Waals surface area contributed by atoms with Crippen LogP contribution in [0.2, 0.25) is 0 Å². The number of likely N-dealkylation sites (N-methyl/N-ethyl adjacent to an activating group) is 1. The molecule has 3 aromatic rings. The standard InChI is InChI=1S/C28H32N2O3/c1-4-22-14-16-25(17-15-22)33-20-27(31)30(19-24-13-9-8-10-21(24)2)26(28(32)29-3)18-23-11-6-5-7-12-23/h5-17,26H,4,18-20H2,1-3H3,(H,29,32). The van der Waals surface area contributed by atoms with Gasteiger partial charge in [0.1, 0.15) is 11.8 Å². The molecule has 2 amide bonds. The molecule has 0 fully saturated rings. The lowest BCUT2D eigenvalue weighted by atomic mass is 10.0. The topological polar surface area (TPSA) is 58.6 Å². The summed E-state index contributed by atoms with van der Waals surface area (Å²) in [5, 5.41) is 2.73. The Balaban J connectivity index is 1.86. The second-order valence-electron chi connectivity index (χ2n) is 8.05. The summed E-state index contributed by atoms with van der Waals surface area (Å²) >= 11 is 0. The lowest BCUT2D eigenvalue weighted by Gasteiger charge is -2.31. The van der Waals surface area contributed by atoms with Crippen molar-refractivity contribution in [2.45, 2.75) is 39.3 Å². The number of carbonyl (C=O) groups excluding carboxylic acids is 2. The number of nitrogens with zero attached hydrogens (tertiary/aromatic N) is 1. The highest BCUT2D eigenvalue weighted by atomic mass is 16.5. The van der Waals surface area contributed by atoms with E-state index >= 15 is 0 Å². The molecule has 1 atom stereocenters. The number of hydrogen-bond donors (Lipinski definition) is 1. The van der Waals surface area contributed by atoms with Gasteiger partial charge in [0.25, 0.3) is 5.91 Å². The summed E-state index contributed by atoms with van der Waals surface area (Å²) in [6.07, 6.45) is 1.36. The monoisotopic (exact) mass is 444 g/mol. The Morgan fingerprint density at radius 2 is 1.58 bits per heavy atom. The van der Waals surface area contributed by atoms with Crippen LogP contribution in [0.3, 0.4) is 0 Å². The van der Waals surface area contributed by atoms with E-state index in [1.54, 1.807) is 11.9 Å². The van der Waals surface area contributed by atoms with Crippen molar-refractivity contribution in [3.63, 3.8) is 0 Å². The lowest BCUT2D eigenvalue weighted by molar-refractivity contribution is -0.142. The van der Waals surface area contributed by atoms with Gasteiger partial charge in [0.2, 0.25) is 5.91 Å². The van der Waals surface area contributed by atoms with Crippen LogP contribution in [0.5, 0.6) is 5.75 Å². The van der Waals surface area contributed by atoms with Gasteiger partial charge in [-0.3, -0.25) is 9.59 Å². The molecule has 0 spiro atoms. The first-order chi connectivity index (χ1) is 16.0. The highest BCUT2D eigenvalue weighted by Gasteiger charge is 2.30. The number of carbonyl (C=O) groups is 2. The number of rotatable bonds is 10. The highest BCUT2D eigenvalue weighted by molar-refractivity contribution is 5.88. The van der Waals surface area contributed by atoms with Gasteiger partial charge in [0.15, 0.2) is 6.61 Å². The van der Waals surface area contributed by atoms with E-state index in [0.717, 1.165) is 23.1 Å². The highest BCUT2D eigenvalue weighted by Crippen LogP contribution is 2.18. The molecule has 3 rings (SSSR count). The van der Waals surface area contributed by atoms with Gasteiger partial charge in [0, 0.05) is 20.0 Å².